The zero-order chi connectivity index (χ0) is 29.4. The van der Waals surface area contributed by atoms with E-state index < -0.39 is 66.4 Å². The maximum atomic E-state index is 13.5. The molecule has 0 radical (unpaired) electrons. The monoisotopic (exact) mass is 613 g/mol. The molecular formula is C21H18Cl2F5N7O3S. The lowest BCUT2D eigenvalue weighted by Crippen LogP contribution is -2.37. The van der Waals surface area contributed by atoms with Crippen LogP contribution in [0, 0.1) is 25.2 Å². The third-order valence-corrected chi connectivity index (χ3v) is 7.88. The molecule has 3 aromatic rings. The van der Waals surface area contributed by atoms with E-state index in [1.54, 1.807) is 26.0 Å². The van der Waals surface area contributed by atoms with Gasteiger partial charge in [-0.2, -0.15) is 15.5 Å². The Morgan fingerprint density at radius 2 is 1.72 bits per heavy atom. The molecule has 0 bridgehead atoms. The van der Waals surface area contributed by atoms with Crippen molar-refractivity contribution in [3.05, 3.63) is 50.9 Å². The first-order valence-electron chi connectivity index (χ1n) is 10.8. The van der Waals surface area contributed by atoms with Crippen molar-refractivity contribution in [2.24, 2.45) is 5.73 Å². The minimum atomic E-state index is -10.2. The molecule has 0 atom stereocenters. The van der Waals surface area contributed by atoms with Gasteiger partial charge in [0.1, 0.15) is 29.1 Å². The van der Waals surface area contributed by atoms with Gasteiger partial charge < -0.3 is 10.8 Å². The number of carbonyl (C=O) groups is 2. The van der Waals surface area contributed by atoms with E-state index in [9.17, 15) is 39.4 Å². The van der Waals surface area contributed by atoms with Crippen molar-refractivity contribution < 1.29 is 34.1 Å². The van der Waals surface area contributed by atoms with Crippen LogP contribution < -0.4 is 10.6 Å². The fourth-order valence-corrected chi connectivity index (χ4v) is 5.67. The van der Waals surface area contributed by atoms with E-state index in [1.807, 2.05) is 0 Å². The van der Waals surface area contributed by atoms with Crippen molar-refractivity contribution in [2.75, 3.05) is 4.90 Å². The number of halogens is 7. The molecule has 2 heterocycles. The molecule has 0 aliphatic heterocycles. The van der Waals surface area contributed by atoms with Crippen LogP contribution in [0.2, 0.25) is 10.0 Å². The quantitative estimate of drug-likeness (QED) is 0.304. The van der Waals surface area contributed by atoms with Crippen LogP contribution in [0.1, 0.15) is 35.5 Å². The molecule has 0 spiro atoms. The number of rotatable bonds is 7. The van der Waals surface area contributed by atoms with Crippen LogP contribution in [0.5, 0.6) is 0 Å². The number of hydrogen-bond donors (Lipinski definition) is 2. The Kier molecular flexibility index (Phi) is 6.00. The van der Waals surface area contributed by atoms with E-state index in [1.165, 1.54) is 4.68 Å². The van der Waals surface area contributed by atoms with Gasteiger partial charge in [-0.1, -0.05) is 42.6 Å². The van der Waals surface area contributed by atoms with Crippen molar-refractivity contribution in [3.8, 4) is 11.8 Å². The molecule has 2 amide bonds. The summed E-state index contributed by atoms with van der Waals surface area (Å²) in [5, 5.41) is 26.2. The number of amides is 2. The smallest absolute Gasteiger partial charge is 0.414 e. The highest BCUT2D eigenvalue weighted by Crippen LogP contribution is 3.02. The number of benzene rings is 1. The second kappa shape index (κ2) is 8.23. The Bertz CT molecular complexity index is 1590. The number of nitrogens with zero attached hydrogens (tertiary/aromatic N) is 6. The van der Waals surface area contributed by atoms with Crippen molar-refractivity contribution in [1.29, 1.82) is 5.26 Å². The van der Waals surface area contributed by atoms with Crippen LogP contribution in [0.3, 0.4) is 0 Å². The highest BCUT2D eigenvalue weighted by atomic mass is 35.5. The van der Waals surface area contributed by atoms with E-state index in [4.69, 9.17) is 28.9 Å². The summed E-state index contributed by atoms with van der Waals surface area (Å²) in [4.78, 5) is 23.2. The van der Waals surface area contributed by atoms with Crippen molar-refractivity contribution in [1.82, 2.24) is 19.6 Å². The van der Waals surface area contributed by atoms with Crippen LogP contribution in [-0.2, 0) is 16.9 Å². The minimum absolute atomic E-state index is 0.0748. The SMILES string of the molecule is Cc1cc(C)n(CN(C(=O)O)c2c(C3(C(N)=O)CC3)c(C#N)nn2-c2c(Cl)cc(S(F)(F)(F)(F)F)cc2Cl)n1. The molecule has 4 rings (SSSR count). The number of aromatic nitrogens is 4. The van der Waals surface area contributed by atoms with Gasteiger partial charge in [-0.15, -0.1) is 0 Å². The maximum absolute atomic E-state index is 13.5. The van der Waals surface area contributed by atoms with E-state index >= 15 is 0 Å². The van der Waals surface area contributed by atoms with Gasteiger partial charge in [-0.25, -0.2) is 19.1 Å². The fraction of sp³-hybridized carbons (Fsp3) is 0.286. The topological polar surface area (TPSA) is 143 Å². The Labute approximate surface area is 227 Å². The summed E-state index contributed by atoms with van der Waals surface area (Å²) in [7, 11) is -10.2. The standard InChI is InChI=1S/C21H18Cl2F5N7O3S/c1-10-5-11(2)34(31-10)9-33(20(37)38)18-16(21(3-4-21)19(30)36)15(8-29)32-35(18)17-13(22)6-12(7-14(17)23)39(24,25,26,27)28/h5-7H,3-4,9H2,1-2H3,(H2,30,36)(H,37,38). The molecule has 0 unspecified atom stereocenters. The normalized spacial score (nSPS) is 16.2. The number of nitrogens with two attached hydrogens (primary N) is 1. The highest BCUT2D eigenvalue weighted by Gasteiger charge is 2.66. The molecule has 0 saturated heterocycles. The van der Waals surface area contributed by atoms with Crippen LogP contribution in [-0.4, -0.2) is 36.7 Å². The Morgan fingerprint density at radius 1 is 1.15 bits per heavy atom. The number of nitriles is 1. The lowest BCUT2D eigenvalue weighted by Gasteiger charge is -2.40. The molecule has 1 aliphatic rings. The zero-order valence-electron chi connectivity index (χ0n) is 19.9. The molecule has 210 valence electrons. The third kappa shape index (κ3) is 4.97. The molecule has 1 fully saturated rings. The lowest BCUT2D eigenvalue weighted by atomic mass is 9.94. The predicted octanol–water partition coefficient (Wildman–Crippen LogP) is 6.18. The van der Waals surface area contributed by atoms with Gasteiger partial charge in [0.2, 0.25) is 5.91 Å². The Hall–Kier alpha value is -3.55. The minimum Gasteiger partial charge on any atom is -0.465 e. The number of carbonyl (C=O) groups excluding carboxylic acids is 1. The van der Waals surface area contributed by atoms with Crippen LogP contribution in [0.25, 0.3) is 5.69 Å². The predicted molar refractivity (Wildman–Crippen MR) is 132 cm³/mol. The van der Waals surface area contributed by atoms with Gasteiger partial charge in [0.15, 0.2) is 5.69 Å². The third-order valence-electron chi connectivity index (χ3n) is 6.18. The second-order valence-corrected chi connectivity index (χ2v) is 12.2. The van der Waals surface area contributed by atoms with Crippen LogP contribution in [0.15, 0.2) is 23.1 Å². The maximum Gasteiger partial charge on any atom is 0.414 e. The molecule has 10 nitrogen and oxygen atoms in total. The highest BCUT2D eigenvalue weighted by molar-refractivity contribution is 8.45. The summed E-state index contributed by atoms with van der Waals surface area (Å²) in [5.74, 6) is -1.41. The van der Waals surface area contributed by atoms with Crippen molar-refractivity contribution in [3.63, 3.8) is 0 Å². The number of carboxylic acid groups (broad SMARTS) is 1. The molecule has 1 saturated carbocycles. The first-order valence-corrected chi connectivity index (χ1v) is 13.5. The fourth-order valence-electron chi connectivity index (χ4n) is 4.22. The van der Waals surface area contributed by atoms with E-state index in [0.717, 1.165) is 0 Å². The molecule has 2 aromatic heterocycles. The largest absolute Gasteiger partial charge is 0.465 e. The first-order chi connectivity index (χ1) is 17.7. The summed E-state index contributed by atoms with van der Waals surface area (Å²) in [6, 6.07) is 3.21. The Balaban J connectivity index is 2.07. The molecule has 1 aromatic carbocycles. The van der Waals surface area contributed by atoms with Gasteiger partial charge in [0, 0.05) is 11.3 Å². The molecule has 39 heavy (non-hydrogen) atoms. The number of aryl methyl sites for hydroxylation is 2. The average Bonchev–Trinajstić information content (AvgIpc) is 3.40. The number of hydrogen-bond acceptors (Lipinski definition) is 5. The molecular weight excluding hydrogens is 596 g/mol. The summed E-state index contributed by atoms with van der Waals surface area (Å²) >= 11 is 12.0. The van der Waals surface area contributed by atoms with Gasteiger partial charge in [-0.3, -0.25) is 4.79 Å². The number of primary amides is 1. The van der Waals surface area contributed by atoms with Gasteiger partial charge >= 0.3 is 16.3 Å². The lowest BCUT2D eigenvalue weighted by molar-refractivity contribution is -0.120. The second-order valence-electron chi connectivity index (χ2n) is 9.00. The molecule has 3 N–H and O–H groups in total. The summed E-state index contributed by atoms with van der Waals surface area (Å²) < 4.78 is 69.3. The van der Waals surface area contributed by atoms with Crippen molar-refractivity contribution in [2.45, 2.75) is 43.7 Å². The van der Waals surface area contributed by atoms with Gasteiger partial charge in [0.05, 0.1) is 21.2 Å². The van der Waals surface area contributed by atoms with Crippen molar-refractivity contribution >= 4 is 51.2 Å². The molecule has 18 heteroatoms. The van der Waals surface area contributed by atoms with Crippen LogP contribution in [0.4, 0.5) is 30.0 Å². The summed E-state index contributed by atoms with van der Waals surface area (Å²) in [6.45, 7) is 2.73. The zero-order valence-corrected chi connectivity index (χ0v) is 22.3. The van der Waals surface area contributed by atoms with Gasteiger partial charge in [0.25, 0.3) is 0 Å². The molecule has 1 aliphatic carbocycles. The van der Waals surface area contributed by atoms with Gasteiger partial charge in [-0.05, 0) is 44.9 Å². The number of anilines is 1. The summed E-state index contributed by atoms with van der Waals surface area (Å²) in [5.41, 5.74) is 3.73. The summed E-state index contributed by atoms with van der Waals surface area (Å²) in [6.07, 6.45) is -1.44. The Morgan fingerprint density at radius 3 is 2.10 bits per heavy atom. The van der Waals surface area contributed by atoms with E-state index in [-0.39, 0.29) is 30.5 Å². The first kappa shape index (κ1) is 28.5. The van der Waals surface area contributed by atoms with E-state index in [0.29, 0.717) is 21.0 Å². The van der Waals surface area contributed by atoms with Crippen LogP contribution >= 0.6 is 33.4 Å². The average molecular weight is 614 g/mol. The van der Waals surface area contributed by atoms with E-state index in [2.05, 4.69) is 10.2 Å².